The minimum atomic E-state index is -1.45. The van der Waals surface area contributed by atoms with E-state index in [1.165, 1.54) is 13.0 Å². The molecule has 0 aliphatic heterocycles. The Morgan fingerprint density at radius 3 is 1.93 bits per heavy atom. The molecule has 0 saturated carbocycles. The van der Waals surface area contributed by atoms with Crippen LogP contribution in [0, 0.1) is 6.92 Å². The molecule has 1 rings (SSSR count). The molecule has 0 heterocycles. The second-order valence-corrected chi connectivity index (χ2v) is 2.76. The van der Waals surface area contributed by atoms with E-state index in [9.17, 15) is 14.7 Å². The van der Waals surface area contributed by atoms with Crippen molar-refractivity contribution in [2.45, 2.75) is 6.92 Å². The van der Waals surface area contributed by atoms with Crippen LogP contribution in [0.25, 0.3) is 0 Å². The van der Waals surface area contributed by atoms with E-state index in [0.717, 1.165) is 6.07 Å². The standard InChI is InChI=1S/C9H8O5/c1-4-2-3-5(10)7(9(13)14)6(4)8(11)12/h2-3,10H,1H3,(H,11,12)(H,13,14). The fraction of sp³-hybridized carbons (Fsp3) is 0.111. The summed E-state index contributed by atoms with van der Waals surface area (Å²) >= 11 is 0. The Balaban J connectivity index is 3.58. The molecule has 0 bridgehead atoms. The molecule has 1 aromatic carbocycles. The predicted octanol–water partition coefficient (Wildman–Crippen LogP) is 1.10. The number of hydrogen-bond acceptors (Lipinski definition) is 3. The molecule has 0 radical (unpaired) electrons. The van der Waals surface area contributed by atoms with Gasteiger partial charge in [-0.1, -0.05) is 6.07 Å². The Kier molecular flexibility index (Phi) is 2.42. The van der Waals surface area contributed by atoms with Crippen molar-refractivity contribution >= 4 is 11.9 Å². The Hall–Kier alpha value is -2.04. The summed E-state index contributed by atoms with van der Waals surface area (Å²) in [5.41, 5.74) is -0.650. The van der Waals surface area contributed by atoms with Crippen molar-refractivity contribution < 1.29 is 24.9 Å². The van der Waals surface area contributed by atoms with Gasteiger partial charge in [0.2, 0.25) is 0 Å². The molecule has 74 valence electrons. The number of aryl methyl sites for hydroxylation is 1. The van der Waals surface area contributed by atoms with Gasteiger partial charge in [0.05, 0.1) is 5.56 Å². The molecule has 0 spiro atoms. The van der Waals surface area contributed by atoms with Crippen molar-refractivity contribution in [3.8, 4) is 5.75 Å². The summed E-state index contributed by atoms with van der Waals surface area (Å²) in [7, 11) is 0. The van der Waals surface area contributed by atoms with Crippen LogP contribution in [0.3, 0.4) is 0 Å². The van der Waals surface area contributed by atoms with Gasteiger partial charge < -0.3 is 15.3 Å². The summed E-state index contributed by atoms with van der Waals surface area (Å²) in [6.45, 7) is 1.47. The average Bonchev–Trinajstić information content (AvgIpc) is 2.07. The number of carbonyl (C=O) groups is 2. The first kappa shape index (κ1) is 10.0. The number of hydrogen-bond donors (Lipinski definition) is 3. The van der Waals surface area contributed by atoms with E-state index < -0.39 is 23.3 Å². The van der Waals surface area contributed by atoms with E-state index >= 15 is 0 Å². The first-order chi connectivity index (χ1) is 6.45. The number of benzene rings is 1. The van der Waals surface area contributed by atoms with Crippen molar-refractivity contribution in [1.29, 1.82) is 0 Å². The van der Waals surface area contributed by atoms with Crippen molar-refractivity contribution in [2.24, 2.45) is 0 Å². The molecule has 0 fully saturated rings. The van der Waals surface area contributed by atoms with Gasteiger partial charge in [-0.15, -0.1) is 0 Å². The van der Waals surface area contributed by atoms with Crippen molar-refractivity contribution in [3.05, 3.63) is 28.8 Å². The summed E-state index contributed by atoms with van der Waals surface area (Å²) in [5, 5.41) is 26.6. The number of rotatable bonds is 2. The van der Waals surface area contributed by atoms with Gasteiger partial charge in [-0.05, 0) is 18.6 Å². The quantitative estimate of drug-likeness (QED) is 0.658. The molecule has 0 aromatic heterocycles. The molecule has 0 aliphatic carbocycles. The monoisotopic (exact) mass is 196 g/mol. The molecule has 0 atom stereocenters. The number of carboxylic acids is 2. The third-order valence-corrected chi connectivity index (χ3v) is 1.82. The lowest BCUT2D eigenvalue weighted by Crippen LogP contribution is -2.10. The van der Waals surface area contributed by atoms with Gasteiger partial charge >= 0.3 is 11.9 Å². The maximum absolute atomic E-state index is 10.7. The van der Waals surface area contributed by atoms with Crippen LogP contribution in [0.1, 0.15) is 26.3 Å². The number of carboxylic acid groups (broad SMARTS) is 2. The zero-order valence-corrected chi connectivity index (χ0v) is 7.31. The topological polar surface area (TPSA) is 94.8 Å². The highest BCUT2D eigenvalue weighted by molar-refractivity contribution is 6.04. The highest BCUT2D eigenvalue weighted by Crippen LogP contribution is 2.24. The van der Waals surface area contributed by atoms with Crippen molar-refractivity contribution in [3.63, 3.8) is 0 Å². The summed E-state index contributed by atoms with van der Waals surface area (Å²) in [6, 6.07) is 2.51. The van der Waals surface area contributed by atoms with Gasteiger partial charge in [-0.3, -0.25) is 0 Å². The molecule has 1 aromatic rings. The maximum Gasteiger partial charge on any atom is 0.340 e. The van der Waals surface area contributed by atoms with Gasteiger partial charge in [-0.25, -0.2) is 9.59 Å². The van der Waals surface area contributed by atoms with E-state index in [2.05, 4.69) is 0 Å². The largest absolute Gasteiger partial charge is 0.507 e. The van der Waals surface area contributed by atoms with Crippen molar-refractivity contribution in [1.82, 2.24) is 0 Å². The Bertz CT molecular complexity index is 369. The smallest absolute Gasteiger partial charge is 0.340 e. The molecular formula is C9H8O5. The third-order valence-electron chi connectivity index (χ3n) is 1.82. The highest BCUT2D eigenvalue weighted by Gasteiger charge is 2.21. The first-order valence-corrected chi connectivity index (χ1v) is 3.74. The van der Waals surface area contributed by atoms with Crippen LogP contribution in [0.2, 0.25) is 0 Å². The van der Waals surface area contributed by atoms with Crippen LogP contribution >= 0.6 is 0 Å². The van der Waals surface area contributed by atoms with Crippen LogP contribution in [-0.4, -0.2) is 27.3 Å². The van der Waals surface area contributed by atoms with Crippen LogP contribution in [0.5, 0.6) is 5.75 Å². The minimum Gasteiger partial charge on any atom is -0.507 e. The molecular weight excluding hydrogens is 188 g/mol. The first-order valence-electron chi connectivity index (χ1n) is 3.74. The SMILES string of the molecule is Cc1ccc(O)c(C(=O)O)c1C(=O)O. The van der Waals surface area contributed by atoms with Gasteiger partial charge in [-0.2, -0.15) is 0 Å². The van der Waals surface area contributed by atoms with E-state index in [4.69, 9.17) is 10.2 Å². The number of aromatic carboxylic acids is 2. The molecule has 5 heteroatoms. The van der Waals surface area contributed by atoms with Gasteiger partial charge in [0.1, 0.15) is 11.3 Å². The molecule has 0 aliphatic rings. The molecule has 5 nitrogen and oxygen atoms in total. The Morgan fingerprint density at radius 1 is 1.07 bits per heavy atom. The maximum atomic E-state index is 10.7. The Morgan fingerprint density at radius 2 is 1.57 bits per heavy atom. The molecule has 0 amide bonds. The van der Waals surface area contributed by atoms with E-state index in [0.29, 0.717) is 5.56 Å². The normalized spacial score (nSPS) is 9.79. The summed E-state index contributed by atoms with van der Waals surface area (Å²) < 4.78 is 0. The summed E-state index contributed by atoms with van der Waals surface area (Å²) in [6.07, 6.45) is 0. The third kappa shape index (κ3) is 1.52. The molecule has 0 saturated heterocycles. The lowest BCUT2D eigenvalue weighted by atomic mass is 10.0. The summed E-state index contributed by atoms with van der Waals surface area (Å²) in [5.74, 6) is -3.36. The lowest BCUT2D eigenvalue weighted by molar-refractivity contribution is 0.0647. The van der Waals surface area contributed by atoms with E-state index in [-0.39, 0.29) is 5.56 Å². The number of aromatic hydroxyl groups is 1. The van der Waals surface area contributed by atoms with Gasteiger partial charge in [0.15, 0.2) is 0 Å². The fourth-order valence-electron chi connectivity index (χ4n) is 1.19. The van der Waals surface area contributed by atoms with Crippen LogP contribution in [0.15, 0.2) is 12.1 Å². The van der Waals surface area contributed by atoms with E-state index in [1.807, 2.05) is 0 Å². The molecule has 14 heavy (non-hydrogen) atoms. The van der Waals surface area contributed by atoms with Gasteiger partial charge in [0.25, 0.3) is 0 Å². The van der Waals surface area contributed by atoms with Crippen LogP contribution < -0.4 is 0 Å². The minimum absolute atomic E-state index is 0.299. The fourth-order valence-corrected chi connectivity index (χ4v) is 1.19. The Labute approximate surface area is 79.2 Å². The summed E-state index contributed by atoms with van der Waals surface area (Å²) in [4.78, 5) is 21.4. The zero-order valence-electron chi connectivity index (χ0n) is 7.31. The molecule has 0 unspecified atom stereocenters. The number of phenols is 1. The second kappa shape index (κ2) is 3.37. The van der Waals surface area contributed by atoms with Gasteiger partial charge in [0, 0.05) is 0 Å². The highest BCUT2D eigenvalue weighted by atomic mass is 16.4. The lowest BCUT2D eigenvalue weighted by Gasteiger charge is -2.06. The second-order valence-electron chi connectivity index (χ2n) is 2.76. The molecule has 3 N–H and O–H groups in total. The van der Waals surface area contributed by atoms with Crippen LogP contribution in [-0.2, 0) is 0 Å². The zero-order chi connectivity index (χ0) is 10.9. The average molecular weight is 196 g/mol. The van der Waals surface area contributed by atoms with Crippen LogP contribution in [0.4, 0.5) is 0 Å². The van der Waals surface area contributed by atoms with Crippen molar-refractivity contribution in [2.75, 3.05) is 0 Å². The van der Waals surface area contributed by atoms with E-state index in [1.54, 1.807) is 0 Å². The predicted molar refractivity (Wildman–Crippen MR) is 46.8 cm³/mol.